The van der Waals surface area contributed by atoms with Crippen LogP contribution in [-0.2, 0) is 6.42 Å². The Bertz CT molecular complexity index is 980. The smallest absolute Gasteiger partial charge is 0.250 e. The standard InChI is InChI=1S/C22H26N4O2/c1-14(12-15-6-8-17(28-2)9-7-15)26-11-10-16(13-26)22-24-19-5-3-4-18(21(23)27)20(19)25-22/h3-9,14,16H,10-13H2,1-2H3,(H2,23,27)(H,24,25). The summed E-state index contributed by atoms with van der Waals surface area (Å²) in [5, 5.41) is 0. The van der Waals surface area contributed by atoms with E-state index in [1.165, 1.54) is 5.56 Å². The molecule has 1 aromatic heterocycles. The van der Waals surface area contributed by atoms with Crippen LogP contribution in [0.15, 0.2) is 42.5 Å². The number of benzene rings is 2. The maximum absolute atomic E-state index is 11.7. The van der Waals surface area contributed by atoms with Gasteiger partial charge >= 0.3 is 0 Å². The summed E-state index contributed by atoms with van der Waals surface area (Å²) in [5.41, 5.74) is 8.82. The number of amides is 1. The van der Waals surface area contributed by atoms with Crippen LogP contribution >= 0.6 is 0 Å². The summed E-state index contributed by atoms with van der Waals surface area (Å²) < 4.78 is 5.24. The monoisotopic (exact) mass is 378 g/mol. The Labute approximate surface area is 164 Å². The number of carbonyl (C=O) groups is 1. The molecule has 1 amide bonds. The molecule has 2 atom stereocenters. The summed E-state index contributed by atoms with van der Waals surface area (Å²) >= 11 is 0. The number of primary amides is 1. The predicted octanol–water partition coefficient (Wildman–Crippen LogP) is 3.09. The fourth-order valence-corrected chi connectivity index (χ4v) is 4.09. The minimum absolute atomic E-state index is 0.339. The molecule has 0 saturated carbocycles. The minimum atomic E-state index is -0.440. The van der Waals surface area contributed by atoms with Crippen LogP contribution in [0, 0.1) is 0 Å². The van der Waals surface area contributed by atoms with Crippen LogP contribution in [0.1, 0.15) is 41.0 Å². The van der Waals surface area contributed by atoms with Crippen LogP contribution in [-0.4, -0.2) is 47.0 Å². The van der Waals surface area contributed by atoms with Crippen LogP contribution in [0.4, 0.5) is 0 Å². The number of fused-ring (bicyclic) bond motifs is 1. The van der Waals surface area contributed by atoms with Gasteiger partial charge in [0.25, 0.3) is 5.91 Å². The number of ether oxygens (including phenoxy) is 1. The van der Waals surface area contributed by atoms with Crippen molar-refractivity contribution in [1.29, 1.82) is 0 Å². The fourth-order valence-electron chi connectivity index (χ4n) is 4.09. The Balaban J connectivity index is 1.45. The first-order chi connectivity index (χ1) is 13.5. The summed E-state index contributed by atoms with van der Waals surface area (Å²) in [6.07, 6.45) is 2.06. The molecule has 0 spiro atoms. The molecule has 0 bridgehead atoms. The molecule has 6 heteroatoms. The highest BCUT2D eigenvalue weighted by atomic mass is 16.5. The van der Waals surface area contributed by atoms with Gasteiger partial charge in [-0.25, -0.2) is 4.98 Å². The molecule has 146 valence electrons. The van der Waals surface area contributed by atoms with Gasteiger partial charge in [-0.05, 0) is 56.1 Å². The van der Waals surface area contributed by atoms with Crippen molar-refractivity contribution in [2.45, 2.75) is 31.7 Å². The van der Waals surface area contributed by atoms with Crippen molar-refractivity contribution in [2.75, 3.05) is 20.2 Å². The van der Waals surface area contributed by atoms with Crippen LogP contribution < -0.4 is 10.5 Å². The van der Waals surface area contributed by atoms with Crippen LogP contribution in [0.5, 0.6) is 5.75 Å². The van der Waals surface area contributed by atoms with E-state index in [-0.39, 0.29) is 0 Å². The van der Waals surface area contributed by atoms with Crippen molar-refractivity contribution < 1.29 is 9.53 Å². The van der Waals surface area contributed by atoms with Gasteiger partial charge in [-0.1, -0.05) is 18.2 Å². The molecule has 6 nitrogen and oxygen atoms in total. The third-order valence-electron chi connectivity index (χ3n) is 5.72. The highest BCUT2D eigenvalue weighted by Crippen LogP contribution is 2.29. The average Bonchev–Trinajstić information content (AvgIpc) is 3.35. The Hall–Kier alpha value is -2.86. The lowest BCUT2D eigenvalue weighted by Gasteiger charge is -2.24. The van der Waals surface area contributed by atoms with E-state index in [1.807, 2.05) is 24.3 Å². The van der Waals surface area contributed by atoms with E-state index in [0.717, 1.165) is 43.0 Å². The van der Waals surface area contributed by atoms with Crippen molar-refractivity contribution in [3.05, 3.63) is 59.4 Å². The quantitative estimate of drug-likeness (QED) is 0.690. The van der Waals surface area contributed by atoms with Gasteiger partial charge in [0.15, 0.2) is 0 Å². The van der Waals surface area contributed by atoms with Gasteiger partial charge in [-0.15, -0.1) is 0 Å². The SMILES string of the molecule is COc1ccc(CC(C)N2CCC(c3nc4c(C(N)=O)cccc4[nH]3)C2)cc1. The molecule has 0 radical (unpaired) electrons. The first-order valence-electron chi connectivity index (χ1n) is 9.70. The summed E-state index contributed by atoms with van der Waals surface area (Å²) in [5.74, 6) is 1.73. The minimum Gasteiger partial charge on any atom is -0.497 e. The number of methoxy groups -OCH3 is 1. The number of H-pyrrole nitrogens is 1. The van der Waals surface area contributed by atoms with Crippen molar-refractivity contribution in [2.24, 2.45) is 5.73 Å². The van der Waals surface area contributed by atoms with Gasteiger partial charge in [0.1, 0.15) is 17.1 Å². The summed E-state index contributed by atoms with van der Waals surface area (Å²) in [7, 11) is 1.69. The van der Waals surface area contributed by atoms with E-state index in [4.69, 9.17) is 15.5 Å². The van der Waals surface area contributed by atoms with Gasteiger partial charge in [-0.3, -0.25) is 9.69 Å². The van der Waals surface area contributed by atoms with Gasteiger partial charge < -0.3 is 15.5 Å². The number of nitrogens with one attached hydrogen (secondary N) is 1. The predicted molar refractivity (Wildman–Crippen MR) is 110 cm³/mol. The van der Waals surface area contributed by atoms with E-state index >= 15 is 0 Å². The molecule has 3 N–H and O–H groups in total. The number of aromatic amines is 1. The maximum Gasteiger partial charge on any atom is 0.250 e. The van der Waals surface area contributed by atoms with E-state index in [9.17, 15) is 4.79 Å². The molecule has 2 heterocycles. The fraction of sp³-hybridized carbons (Fsp3) is 0.364. The highest BCUT2D eigenvalue weighted by molar-refractivity contribution is 6.04. The molecular weight excluding hydrogens is 352 g/mol. The Morgan fingerprint density at radius 3 is 2.82 bits per heavy atom. The van der Waals surface area contributed by atoms with Gasteiger partial charge in [-0.2, -0.15) is 0 Å². The van der Waals surface area contributed by atoms with Gasteiger partial charge in [0.2, 0.25) is 0 Å². The molecular formula is C22H26N4O2. The lowest BCUT2D eigenvalue weighted by atomic mass is 10.1. The van der Waals surface area contributed by atoms with Crippen molar-refractivity contribution in [1.82, 2.24) is 14.9 Å². The third-order valence-corrected chi connectivity index (χ3v) is 5.72. The molecule has 1 saturated heterocycles. The van der Waals surface area contributed by atoms with Gasteiger partial charge in [0, 0.05) is 18.5 Å². The number of nitrogens with two attached hydrogens (primary N) is 1. The molecule has 28 heavy (non-hydrogen) atoms. The van der Waals surface area contributed by atoms with E-state index in [1.54, 1.807) is 13.2 Å². The lowest BCUT2D eigenvalue weighted by molar-refractivity contribution is 0.100. The number of likely N-dealkylation sites (tertiary alicyclic amines) is 1. The zero-order chi connectivity index (χ0) is 19.7. The largest absolute Gasteiger partial charge is 0.497 e. The van der Waals surface area contributed by atoms with E-state index in [2.05, 4.69) is 28.9 Å². The number of hydrogen-bond acceptors (Lipinski definition) is 4. The topological polar surface area (TPSA) is 84.2 Å². The average molecular weight is 378 g/mol. The first-order valence-corrected chi connectivity index (χ1v) is 9.70. The number of aromatic nitrogens is 2. The van der Waals surface area contributed by atoms with Crippen molar-refractivity contribution >= 4 is 16.9 Å². The molecule has 2 aromatic carbocycles. The summed E-state index contributed by atoms with van der Waals surface area (Å²) in [6, 6.07) is 14.2. The molecule has 2 unspecified atom stereocenters. The zero-order valence-corrected chi connectivity index (χ0v) is 16.3. The number of hydrogen-bond donors (Lipinski definition) is 2. The van der Waals surface area contributed by atoms with E-state index in [0.29, 0.717) is 23.0 Å². The zero-order valence-electron chi connectivity index (χ0n) is 16.3. The Morgan fingerprint density at radius 1 is 1.32 bits per heavy atom. The number of carbonyl (C=O) groups excluding carboxylic acids is 1. The van der Waals surface area contributed by atoms with Crippen LogP contribution in [0.3, 0.4) is 0 Å². The summed E-state index contributed by atoms with van der Waals surface area (Å²) in [4.78, 5) is 22.3. The number of rotatable bonds is 6. The highest BCUT2D eigenvalue weighted by Gasteiger charge is 2.29. The van der Waals surface area contributed by atoms with Gasteiger partial charge in [0.05, 0.1) is 18.2 Å². The number of imidazole rings is 1. The summed E-state index contributed by atoms with van der Waals surface area (Å²) in [6.45, 7) is 4.28. The molecule has 4 rings (SSSR count). The second-order valence-electron chi connectivity index (χ2n) is 7.57. The lowest BCUT2D eigenvalue weighted by Crippen LogP contribution is -2.32. The Kier molecular flexibility index (Phi) is 5.05. The second-order valence-corrected chi connectivity index (χ2v) is 7.57. The number of para-hydroxylation sites is 1. The van der Waals surface area contributed by atoms with Crippen LogP contribution in [0.2, 0.25) is 0 Å². The molecule has 1 aliphatic rings. The Morgan fingerprint density at radius 2 is 2.11 bits per heavy atom. The van der Waals surface area contributed by atoms with Crippen LogP contribution in [0.25, 0.3) is 11.0 Å². The first kappa shape index (κ1) is 18.5. The molecule has 1 aliphatic heterocycles. The molecule has 0 aliphatic carbocycles. The van der Waals surface area contributed by atoms with Crippen molar-refractivity contribution in [3.8, 4) is 5.75 Å². The van der Waals surface area contributed by atoms with Crippen molar-refractivity contribution in [3.63, 3.8) is 0 Å². The normalized spacial score (nSPS) is 18.4. The number of nitrogens with zero attached hydrogens (tertiary/aromatic N) is 2. The van der Waals surface area contributed by atoms with E-state index < -0.39 is 5.91 Å². The maximum atomic E-state index is 11.7. The molecule has 3 aromatic rings. The molecule has 1 fully saturated rings. The second kappa shape index (κ2) is 7.64. The third kappa shape index (κ3) is 3.60.